The van der Waals surface area contributed by atoms with Crippen LogP contribution in [0.3, 0.4) is 0 Å². The fourth-order valence-corrected chi connectivity index (χ4v) is 2.30. The van der Waals surface area contributed by atoms with Crippen molar-refractivity contribution in [3.63, 3.8) is 0 Å². The maximum Gasteiger partial charge on any atom is 0.274 e. The molecule has 0 spiro atoms. The normalized spacial score (nSPS) is 10.2. The number of amides is 1. The third-order valence-electron chi connectivity index (χ3n) is 3.61. The summed E-state index contributed by atoms with van der Waals surface area (Å²) < 4.78 is 5.04. The minimum absolute atomic E-state index is 0.292. The zero-order valence-electron chi connectivity index (χ0n) is 13.2. The molecule has 0 unspecified atom stereocenters. The molecule has 0 saturated carbocycles. The van der Waals surface area contributed by atoms with E-state index in [1.165, 1.54) is 6.20 Å². The maximum absolute atomic E-state index is 12.3. The smallest absolute Gasteiger partial charge is 0.274 e. The van der Waals surface area contributed by atoms with E-state index >= 15 is 0 Å². The van der Waals surface area contributed by atoms with Gasteiger partial charge in [-0.1, -0.05) is 36.4 Å². The van der Waals surface area contributed by atoms with E-state index in [-0.39, 0.29) is 5.91 Å². The molecule has 5 nitrogen and oxygen atoms in total. The molecule has 0 aliphatic carbocycles. The van der Waals surface area contributed by atoms with Crippen molar-refractivity contribution in [2.45, 2.75) is 0 Å². The van der Waals surface area contributed by atoms with Gasteiger partial charge >= 0.3 is 0 Å². The summed E-state index contributed by atoms with van der Waals surface area (Å²) in [4.78, 5) is 16.4. The van der Waals surface area contributed by atoms with Crippen molar-refractivity contribution in [3.05, 3.63) is 72.6 Å². The molecule has 1 aromatic heterocycles. The van der Waals surface area contributed by atoms with Crippen molar-refractivity contribution < 1.29 is 9.53 Å². The lowest BCUT2D eigenvalue weighted by atomic mass is 10.0. The highest BCUT2D eigenvalue weighted by Gasteiger charge is 2.11. The topological polar surface area (TPSA) is 77.2 Å². The Morgan fingerprint density at radius 3 is 2.50 bits per heavy atom. The maximum atomic E-state index is 12.3. The number of hydrogen-bond donors (Lipinski definition) is 2. The highest BCUT2D eigenvalue weighted by Crippen LogP contribution is 2.27. The molecule has 3 rings (SSSR count). The number of nitrogens with zero attached hydrogens (tertiary/aromatic N) is 1. The number of aromatic nitrogens is 1. The minimum Gasteiger partial charge on any atom is -0.495 e. The lowest BCUT2D eigenvalue weighted by Crippen LogP contribution is -2.14. The summed E-state index contributed by atoms with van der Waals surface area (Å²) in [6.45, 7) is 0. The van der Waals surface area contributed by atoms with Crippen LogP contribution in [-0.2, 0) is 0 Å². The Kier molecular flexibility index (Phi) is 4.43. The first kappa shape index (κ1) is 15.6. The van der Waals surface area contributed by atoms with Crippen molar-refractivity contribution in [1.82, 2.24) is 4.98 Å². The molecule has 0 aliphatic heterocycles. The first-order valence-electron chi connectivity index (χ1n) is 7.44. The molecule has 1 heterocycles. The SMILES string of the molecule is COc1ccc(C(=O)Nc2cc(-c3ccccc3)ccc2N)nc1. The van der Waals surface area contributed by atoms with Gasteiger partial charge in [0.05, 0.1) is 24.7 Å². The summed E-state index contributed by atoms with van der Waals surface area (Å²) in [6.07, 6.45) is 1.50. The van der Waals surface area contributed by atoms with Gasteiger partial charge in [0, 0.05) is 0 Å². The largest absolute Gasteiger partial charge is 0.495 e. The molecule has 120 valence electrons. The molecule has 0 bridgehead atoms. The molecule has 0 fully saturated rings. The second-order valence-electron chi connectivity index (χ2n) is 5.21. The van der Waals surface area contributed by atoms with Gasteiger partial charge in [-0.25, -0.2) is 4.98 Å². The zero-order valence-corrected chi connectivity index (χ0v) is 13.2. The monoisotopic (exact) mass is 319 g/mol. The van der Waals surface area contributed by atoms with Gasteiger partial charge in [0.15, 0.2) is 0 Å². The molecule has 0 radical (unpaired) electrons. The second-order valence-corrected chi connectivity index (χ2v) is 5.21. The lowest BCUT2D eigenvalue weighted by molar-refractivity contribution is 0.102. The van der Waals surface area contributed by atoms with E-state index in [9.17, 15) is 4.79 Å². The van der Waals surface area contributed by atoms with Crippen LogP contribution in [0.15, 0.2) is 66.9 Å². The quantitative estimate of drug-likeness (QED) is 0.720. The van der Waals surface area contributed by atoms with Crippen molar-refractivity contribution >= 4 is 17.3 Å². The standard InChI is InChI=1S/C19H17N3O2/c1-24-15-8-10-17(21-12-15)19(23)22-18-11-14(7-9-16(18)20)13-5-3-2-4-6-13/h2-12H,20H2,1H3,(H,22,23). The molecule has 0 aliphatic rings. The number of ether oxygens (including phenoxy) is 1. The molecule has 3 aromatic rings. The first-order chi connectivity index (χ1) is 11.7. The molecule has 24 heavy (non-hydrogen) atoms. The Morgan fingerprint density at radius 2 is 1.83 bits per heavy atom. The van der Waals surface area contributed by atoms with Crippen LogP contribution >= 0.6 is 0 Å². The van der Waals surface area contributed by atoms with Gasteiger partial charge in [0.2, 0.25) is 0 Å². The number of anilines is 2. The summed E-state index contributed by atoms with van der Waals surface area (Å²) >= 11 is 0. The molecular weight excluding hydrogens is 302 g/mol. The Bertz CT molecular complexity index is 846. The van der Waals surface area contributed by atoms with Gasteiger partial charge in [-0.05, 0) is 35.4 Å². The summed E-state index contributed by atoms with van der Waals surface area (Å²) in [5, 5.41) is 2.81. The van der Waals surface area contributed by atoms with Gasteiger partial charge in [0.25, 0.3) is 5.91 Å². The molecule has 3 N–H and O–H groups in total. The van der Waals surface area contributed by atoms with Crippen LogP contribution in [0.2, 0.25) is 0 Å². The number of benzene rings is 2. The van der Waals surface area contributed by atoms with Crippen LogP contribution in [0.4, 0.5) is 11.4 Å². The molecule has 5 heteroatoms. The van der Waals surface area contributed by atoms with E-state index in [0.29, 0.717) is 22.8 Å². The number of hydrogen-bond acceptors (Lipinski definition) is 4. The minimum atomic E-state index is -0.324. The van der Waals surface area contributed by atoms with E-state index < -0.39 is 0 Å². The number of nitrogen functional groups attached to an aromatic ring is 1. The third-order valence-corrected chi connectivity index (χ3v) is 3.61. The van der Waals surface area contributed by atoms with Crippen LogP contribution in [-0.4, -0.2) is 18.0 Å². The van der Waals surface area contributed by atoms with Crippen LogP contribution < -0.4 is 15.8 Å². The Balaban J connectivity index is 1.85. The summed E-state index contributed by atoms with van der Waals surface area (Å²) in [5.41, 5.74) is 9.35. The van der Waals surface area contributed by atoms with E-state index in [4.69, 9.17) is 10.5 Å². The number of methoxy groups -OCH3 is 1. The Morgan fingerprint density at radius 1 is 1.04 bits per heavy atom. The van der Waals surface area contributed by atoms with E-state index in [1.807, 2.05) is 42.5 Å². The fraction of sp³-hybridized carbons (Fsp3) is 0.0526. The Hall–Kier alpha value is -3.34. The predicted molar refractivity (Wildman–Crippen MR) is 95.0 cm³/mol. The summed E-state index contributed by atoms with van der Waals surface area (Å²) in [5.74, 6) is 0.270. The van der Waals surface area contributed by atoms with E-state index in [0.717, 1.165) is 11.1 Å². The number of rotatable bonds is 4. The van der Waals surface area contributed by atoms with Crippen molar-refractivity contribution in [2.75, 3.05) is 18.2 Å². The molecule has 0 saturated heterocycles. The van der Waals surface area contributed by atoms with Crippen LogP contribution in [0.5, 0.6) is 5.75 Å². The van der Waals surface area contributed by atoms with Gasteiger partial charge in [0.1, 0.15) is 11.4 Å². The van der Waals surface area contributed by atoms with Crippen molar-refractivity contribution in [3.8, 4) is 16.9 Å². The highest BCUT2D eigenvalue weighted by molar-refractivity contribution is 6.04. The van der Waals surface area contributed by atoms with E-state index in [1.54, 1.807) is 25.3 Å². The van der Waals surface area contributed by atoms with Crippen molar-refractivity contribution in [2.24, 2.45) is 0 Å². The summed E-state index contributed by atoms with van der Waals surface area (Å²) in [7, 11) is 1.55. The first-order valence-corrected chi connectivity index (χ1v) is 7.44. The highest BCUT2D eigenvalue weighted by atomic mass is 16.5. The van der Waals surface area contributed by atoms with E-state index in [2.05, 4.69) is 10.3 Å². The number of carbonyl (C=O) groups is 1. The van der Waals surface area contributed by atoms with Gasteiger partial charge in [-0.2, -0.15) is 0 Å². The molecule has 2 aromatic carbocycles. The number of nitrogens with two attached hydrogens (primary N) is 1. The van der Waals surface area contributed by atoms with Crippen molar-refractivity contribution in [1.29, 1.82) is 0 Å². The fourth-order valence-electron chi connectivity index (χ4n) is 2.30. The molecular formula is C19H17N3O2. The Labute approximate surface area is 140 Å². The summed E-state index contributed by atoms with van der Waals surface area (Å²) in [6, 6.07) is 18.7. The number of pyridine rings is 1. The van der Waals surface area contributed by atoms with Crippen LogP contribution in [0.25, 0.3) is 11.1 Å². The lowest BCUT2D eigenvalue weighted by Gasteiger charge is -2.10. The third kappa shape index (κ3) is 3.35. The predicted octanol–water partition coefficient (Wildman–Crippen LogP) is 3.59. The number of carbonyl (C=O) groups excluding carboxylic acids is 1. The second kappa shape index (κ2) is 6.83. The van der Waals surface area contributed by atoms with Gasteiger partial charge in [-0.15, -0.1) is 0 Å². The average Bonchev–Trinajstić information content (AvgIpc) is 2.64. The van der Waals surface area contributed by atoms with Gasteiger partial charge in [-0.3, -0.25) is 4.79 Å². The van der Waals surface area contributed by atoms with Crippen LogP contribution in [0.1, 0.15) is 10.5 Å². The zero-order chi connectivity index (χ0) is 16.9. The van der Waals surface area contributed by atoms with Crippen LogP contribution in [0, 0.1) is 0 Å². The molecule has 0 atom stereocenters. The average molecular weight is 319 g/mol. The van der Waals surface area contributed by atoms with Gasteiger partial charge < -0.3 is 15.8 Å². The number of nitrogens with one attached hydrogen (secondary N) is 1. The molecule has 1 amide bonds.